The summed E-state index contributed by atoms with van der Waals surface area (Å²) in [4.78, 5) is 26.8. The molecule has 1 aromatic heterocycles. The smallest absolute Gasteiger partial charge is 0.337 e. The van der Waals surface area contributed by atoms with Crippen LogP contribution in [-0.4, -0.2) is 28.1 Å². The molecule has 1 amide bonds. The van der Waals surface area contributed by atoms with Crippen LogP contribution in [0.2, 0.25) is 0 Å². The molecule has 0 saturated carbocycles. The SMILES string of the molecule is O=C(O)c1cncc(NC(=O)C2Cc3ccccc3O2)c1. The summed E-state index contributed by atoms with van der Waals surface area (Å²) < 4.78 is 5.57. The van der Waals surface area contributed by atoms with Crippen molar-refractivity contribution in [2.45, 2.75) is 12.5 Å². The van der Waals surface area contributed by atoms with Crippen molar-refractivity contribution < 1.29 is 19.4 Å². The number of aromatic nitrogens is 1. The fourth-order valence-electron chi connectivity index (χ4n) is 2.18. The Morgan fingerprint density at radius 2 is 2.10 bits per heavy atom. The van der Waals surface area contributed by atoms with Gasteiger partial charge in [-0.25, -0.2) is 4.79 Å². The van der Waals surface area contributed by atoms with Crippen molar-refractivity contribution in [1.82, 2.24) is 4.98 Å². The van der Waals surface area contributed by atoms with E-state index in [1.807, 2.05) is 24.3 Å². The third kappa shape index (κ3) is 2.69. The monoisotopic (exact) mass is 284 g/mol. The first-order valence-electron chi connectivity index (χ1n) is 6.37. The number of carbonyl (C=O) groups is 2. The van der Waals surface area contributed by atoms with Crippen molar-refractivity contribution in [3.8, 4) is 5.75 Å². The van der Waals surface area contributed by atoms with Crippen LogP contribution in [-0.2, 0) is 11.2 Å². The van der Waals surface area contributed by atoms with E-state index in [1.165, 1.54) is 18.5 Å². The molecule has 1 aliphatic heterocycles. The minimum atomic E-state index is -1.09. The number of carbonyl (C=O) groups excluding carboxylic acids is 1. The summed E-state index contributed by atoms with van der Waals surface area (Å²) in [5.41, 5.74) is 1.33. The Morgan fingerprint density at radius 3 is 2.86 bits per heavy atom. The van der Waals surface area contributed by atoms with Gasteiger partial charge in [0, 0.05) is 12.6 Å². The Balaban J connectivity index is 1.71. The van der Waals surface area contributed by atoms with Gasteiger partial charge in [0.1, 0.15) is 5.75 Å². The topological polar surface area (TPSA) is 88.5 Å². The van der Waals surface area contributed by atoms with Gasteiger partial charge in [-0.2, -0.15) is 0 Å². The second-order valence-electron chi connectivity index (χ2n) is 4.68. The fourth-order valence-corrected chi connectivity index (χ4v) is 2.18. The number of carboxylic acid groups (broad SMARTS) is 1. The van der Waals surface area contributed by atoms with Gasteiger partial charge < -0.3 is 15.2 Å². The Bertz CT molecular complexity index is 689. The molecule has 0 saturated heterocycles. The highest BCUT2D eigenvalue weighted by Crippen LogP contribution is 2.28. The van der Waals surface area contributed by atoms with Crippen LogP contribution in [0.15, 0.2) is 42.7 Å². The molecule has 1 aromatic carbocycles. The highest BCUT2D eigenvalue weighted by atomic mass is 16.5. The van der Waals surface area contributed by atoms with Gasteiger partial charge in [-0.1, -0.05) is 18.2 Å². The maximum atomic E-state index is 12.2. The molecule has 0 bridgehead atoms. The standard InChI is InChI=1S/C15H12N2O4/c18-14(13-6-9-3-1-2-4-12(9)21-13)17-11-5-10(15(19)20)7-16-8-11/h1-5,7-8,13H,6H2,(H,17,18)(H,19,20). The zero-order valence-electron chi connectivity index (χ0n) is 10.9. The van der Waals surface area contributed by atoms with Crippen LogP contribution < -0.4 is 10.1 Å². The normalized spacial score (nSPS) is 15.9. The minimum absolute atomic E-state index is 0.0171. The highest BCUT2D eigenvalue weighted by molar-refractivity contribution is 5.96. The number of pyridine rings is 1. The summed E-state index contributed by atoms with van der Waals surface area (Å²) in [5.74, 6) is -0.714. The second kappa shape index (κ2) is 5.24. The van der Waals surface area contributed by atoms with Crippen LogP contribution in [0, 0.1) is 0 Å². The molecule has 0 fully saturated rings. The van der Waals surface area contributed by atoms with E-state index in [2.05, 4.69) is 10.3 Å². The van der Waals surface area contributed by atoms with E-state index in [-0.39, 0.29) is 11.5 Å². The number of hydrogen-bond donors (Lipinski definition) is 2. The zero-order valence-corrected chi connectivity index (χ0v) is 10.9. The van der Waals surface area contributed by atoms with Crippen LogP contribution in [0.5, 0.6) is 5.75 Å². The Hall–Kier alpha value is -2.89. The van der Waals surface area contributed by atoms with E-state index in [4.69, 9.17) is 9.84 Å². The lowest BCUT2D eigenvalue weighted by Gasteiger charge is -2.11. The summed E-state index contributed by atoms with van der Waals surface area (Å²) in [7, 11) is 0. The largest absolute Gasteiger partial charge is 0.480 e. The first kappa shape index (κ1) is 13.1. The summed E-state index contributed by atoms with van der Waals surface area (Å²) >= 11 is 0. The van der Waals surface area contributed by atoms with E-state index in [0.717, 1.165) is 5.56 Å². The van der Waals surface area contributed by atoms with E-state index < -0.39 is 12.1 Å². The molecular weight excluding hydrogens is 272 g/mol. The number of aromatic carboxylic acids is 1. The van der Waals surface area contributed by atoms with Gasteiger partial charge in [0.2, 0.25) is 0 Å². The first-order valence-corrected chi connectivity index (χ1v) is 6.37. The summed E-state index contributed by atoms with van der Waals surface area (Å²) in [6.07, 6.45) is 2.50. The average Bonchev–Trinajstić information content (AvgIpc) is 2.91. The van der Waals surface area contributed by atoms with Crippen molar-refractivity contribution >= 4 is 17.6 Å². The van der Waals surface area contributed by atoms with Gasteiger partial charge >= 0.3 is 5.97 Å². The number of rotatable bonds is 3. The molecule has 2 heterocycles. The molecule has 0 radical (unpaired) electrons. The van der Waals surface area contributed by atoms with Crippen LogP contribution in [0.4, 0.5) is 5.69 Å². The van der Waals surface area contributed by atoms with Gasteiger partial charge in [-0.3, -0.25) is 9.78 Å². The maximum Gasteiger partial charge on any atom is 0.337 e. The van der Waals surface area contributed by atoms with E-state index in [0.29, 0.717) is 17.9 Å². The van der Waals surface area contributed by atoms with Gasteiger partial charge in [0.05, 0.1) is 17.4 Å². The number of para-hydroxylation sites is 1. The number of nitrogens with one attached hydrogen (secondary N) is 1. The number of anilines is 1. The molecule has 1 aliphatic rings. The Labute approximate surface area is 120 Å². The van der Waals surface area contributed by atoms with E-state index >= 15 is 0 Å². The highest BCUT2D eigenvalue weighted by Gasteiger charge is 2.28. The van der Waals surface area contributed by atoms with Crippen molar-refractivity contribution in [3.63, 3.8) is 0 Å². The number of carboxylic acids is 1. The van der Waals surface area contributed by atoms with Crippen LogP contribution in [0.1, 0.15) is 15.9 Å². The Morgan fingerprint density at radius 1 is 1.29 bits per heavy atom. The van der Waals surface area contributed by atoms with Crippen molar-refractivity contribution in [1.29, 1.82) is 0 Å². The molecule has 2 N–H and O–H groups in total. The molecule has 3 rings (SSSR count). The molecular formula is C15H12N2O4. The predicted octanol–water partition coefficient (Wildman–Crippen LogP) is 1.72. The summed E-state index contributed by atoms with van der Waals surface area (Å²) in [6, 6.07) is 8.82. The number of amides is 1. The van der Waals surface area contributed by atoms with Crippen LogP contribution in [0.3, 0.4) is 0 Å². The van der Waals surface area contributed by atoms with Crippen molar-refractivity contribution in [2.75, 3.05) is 5.32 Å². The quantitative estimate of drug-likeness (QED) is 0.896. The van der Waals surface area contributed by atoms with Crippen molar-refractivity contribution in [2.24, 2.45) is 0 Å². The molecule has 106 valence electrons. The summed E-state index contributed by atoms with van der Waals surface area (Å²) in [5, 5.41) is 11.5. The fraction of sp³-hybridized carbons (Fsp3) is 0.133. The van der Waals surface area contributed by atoms with Crippen LogP contribution in [0.25, 0.3) is 0 Å². The molecule has 6 heteroatoms. The minimum Gasteiger partial charge on any atom is -0.480 e. The van der Waals surface area contributed by atoms with Gasteiger partial charge in [-0.05, 0) is 17.7 Å². The second-order valence-corrected chi connectivity index (χ2v) is 4.68. The molecule has 21 heavy (non-hydrogen) atoms. The number of fused-ring (bicyclic) bond motifs is 1. The molecule has 6 nitrogen and oxygen atoms in total. The average molecular weight is 284 g/mol. The van der Waals surface area contributed by atoms with Gasteiger partial charge in [0.15, 0.2) is 6.10 Å². The van der Waals surface area contributed by atoms with E-state index in [1.54, 1.807) is 0 Å². The molecule has 0 aliphatic carbocycles. The molecule has 0 spiro atoms. The van der Waals surface area contributed by atoms with Crippen LogP contribution >= 0.6 is 0 Å². The molecule has 1 atom stereocenters. The molecule has 2 aromatic rings. The predicted molar refractivity (Wildman–Crippen MR) is 74.4 cm³/mol. The number of nitrogens with zero attached hydrogens (tertiary/aromatic N) is 1. The van der Waals surface area contributed by atoms with Gasteiger partial charge in [0.25, 0.3) is 5.91 Å². The summed E-state index contributed by atoms with van der Waals surface area (Å²) in [6.45, 7) is 0. The Kier molecular flexibility index (Phi) is 3.27. The maximum absolute atomic E-state index is 12.2. The lowest BCUT2D eigenvalue weighted by atomic mass is 10.1. The third-order valence-electron chi connectivity index (χ3n) is 3.19. The van der Waals surface area contributed by atoms with Gasteiger partial charge in [-0.15, -0.1) is 0 Å². The number of hydrogen-bond acceptors (Lipinski definition) is 4. The van der Waals surface area contributed by atoms with Crippen molar-refractivity contribution in [3.05, 3.63) is 53.9 Å². The lowest BCUT2D eigenvalue weighted by molar-refractivity contribution is -0.122. The third-order valence-corrected chi connectivity index (χ3v) is 3.19. The number of benzene rings is 1. The first-order chi connectivity index (χ1) is 10.1. The lowest BCUT2D eigenvalue weighted by Crippen LogP contribution is -2.31. The van der Waals surface area contributed by atoms with E-state index in [9.17, 15) is 9.59 Å². The number of ether oxygens (including phenoxy) is 1. The molecule has 1 unspecified atom stereocenters. The zero-order chi connectivity index (χ0) is 14.8.